The lowest BCUT2D eigenvalue weighted by Gasteiger charge is -2.16. The van der Waals surface area contributed by atoms with E-state index in [0.717, 1.165) is 9.35 Å². The molecule has 0 saturated carbocycles. The van der Waals surface area contributed by atoms with E-state index in [1.165, 1.54) is 0 Å². The second kappa shape index (κ2) is 6.56. The monoisotopic (exact) mass is 373 g/mol. The molecule has 0 aliphatic rings. The molecular formula is C13H13BrClN3OS. The highest BCUT2D eigenvalue weighted by molar-refractivity contribution is 9.10. The minimum absolute atomic E-state index is 0.198. The van der Waals surface area contributed by atoms with E-state index < -0.39 is 0 Å². The van der Waals surface area contributed by atoms with Crippen LogP contribution in [-0.2, 0) is 6.54 Å². The Kier molecular flexibility index (Phi) is 5.01. The Morgan fingerprint density at radius 2 is 2.30 bits per heavy atom. The van der Waals surface area contributed by atoms with Crippen molar-refractivity contribution < 1.29 is 4.79 Å². The number of amides is 1. The number of hydrogen-bond donors (Lipinski definition) is 1. The van der Waals surface area contributed by atoms with Gasteiger partial charge in [0, 0.05) is 28.8 Å². The van der Waals surface area contributed by atoms with E-state index in [1.54, 1.807) is 42.5 Å². The summed E-state index contributed by atoms with van der Waals surface area (Å²) in [6.45, 7) is 0.525. The number of hydrogen-bond acceptors (Lipinski definition) is 4. The summed E-state index contributed by atoms with van der Waals surface area (Å²) in [5, 5.41) is 5.24. The van der Waals surface area contributed by atoms with E-state index in [-0.39, 0.29) is 11.6 Å². The number of thiophene rings is 1. The molecule has 7 heteroatoms. The summed E-state index contributed by atoms with van der Waals surface area (Å²) in [5.41, 5.74) is 0.261. The molecule has 0 bridgehead atoms. The molecule has 2 aromatic rings. The maximum atomic E-state index is 12.4. The number of halogens is 2. The van der Waals surface area contributed by atoms with Gasteiger partial charge in [-0.05, 0) is 34.1 Å². The molecule has 2 heterocycles. The van der Waals surface area contributed by atoms with Gasteiger partial charge in [0.2, 0.25) is 0 Å². The molecule has 106 valence electrons. The van der Waals surface area contributed by atoms with Crippen LogP contribution in [0, 0.1) is 0 Å². The smallest absolute Gasteiger partial charge is 0.274 e. The standard InChI is InChI=1S/C13H13BrClN3OS/c1-16-11-4-3-10(15)12(17-11)13(19)18(2)6-9-5-8(14)7-20-9/h3-5,7H,6H2,1-2H3,(H,16,17). The highest BCUT2D eigenvalue weighted by atomic mass is 79.9. The topological polar surface area (TPSA) is 45.2 Å². The summed E-state index contributed by atoms with van der Waals surface area (Å²) in [6.07, 6.45) is 0. The fourth-order valence-corrected chi connectivity index (χ4v) is 3.34. The summed E-state index contributed by atoms with van der Waals surface area (Å²) in [4.78, 5) is 19.3. The fourth-order valence-electron chi connectivity index (χ4n) is 1.65. The van der Waals surface area contributed by atoms with Gasteiger partial charge in [0.1, 0.15) is 11.5 Å². The predicted molar refractivity (Wildman–Crippen MR) is 86.6 cm³/mol. The molecule has 0 saturated heterocycles. The zero-order valence-electron chi connectivity index (χ0n) is 11.0. The van der Waals surface area contributed by atoms with Gasteiger partial charge in [-0.25, -0.2) is 4.98 Å². The third-order valence-corrected chi connectivity index (χ3v) is 4.65. The summed E-state index contributed by atoms with van der Waals surface area (Å²) in [7, 11) is 3.48. The summed E-state index contributed by atoms with van der Waals surface area (Å²) < 4.78 is 1.02. The number of anilines is 1. The Morgan fingerprint density at radius 1 is 1.55 bits per heavy atom. The molecule has 1 amide bonds. The van der Waals surface area contributed by atoms with E-state index in [1.807, 2.05) is 11.4 Å². The molecule has 0 unspecified atom stereocenters. The Balaban J connectivity index is 2.17. The number of aromatic nitrogens is 1. The predicted octanol–water partition coefficient (Wildman–Crippen LogP) is 3.87. The zero-order valence-corrected chi connectivity index (χ0v) is 14.1. The lowest BCUT2D eigenvalue weighted by atomic mass is 10.3. The van der Waals surface area contributed by atoms with Gasteiger partial charge in [0.15, 0.2) is 0 Å². The molecule has 0 radical (unpaired) electrons. The SMILES string of the molecule is CNc1ccc(Cl)c(C(=O)N(C)Cc2cc(Br)cs2)n1. The molecule has 1 N–H and O–H groups in total. The molecule has 4 nitrogen and oxygen atoms in total. The van der Waals surface area contributed by atoms with Crippen molar-refractivity contribution in [2.45, 2.75) is 6.54 Å². The van der Waals surface area contributed by atoms with Gasteiger partial charge in [-0.2, -0.15) is 0 Å². The highest BCUT2D eigenvalue weighted by Crippen LogP contribution is 2.23. The first-order chi connectivity index (χ1) is 9.51. The Labute approximate surface area is 134 Å². The third kappa shape index (κ3) is 3.50. The molecule has 2 aromatic heterocycles. The number of carbonyl (C=O) groups excluding carboxylic acids is 1. The quantitative estimate of drug-likeness (QED) is 0.883. The van der Waals surface area contributed by atoms with Crippen molar-refractivity contribution in [3.63, 3.8) is 0 Å². The highest BCUT2D eigenvalue weighted by Gasteiger charge is 2.18. The van der Waals surface area contributed by atoms with Crippen molar-refractivity contribution in [2.24, 2.45) is 0 Å². The van der Waals surface area contributed by atoms with Crippen LogP contribution in [0.4, 0.5) is 5.82 Å². The first-order valence-corrected chi connectivity index (χ1v) is 7.89. The Bertz CT molecular complexity index is 632. The van der Waals surface area contributed by atoms with Gasteiger partial charge < -0.3 is 10.2 Å². The number of pyridine rings is 1. The van der Waals surface area contributed by atoms with Crippen molar-refractivity contribution >= 4 is 50.6 Å². The molecule has 20 heavy (non-hydrogen) atoms. The van der Waals surface area contributed by atoms with Crippen LogP contribution in [0.1, 0.15) is 15.4 Å². The summed E-state index contributed by atoms with van der Waals surface area (Å²) in [6, 6.07) is 5.40. The minimum Gasteiger partial charge on any atom is -0.373 e. The lowest BCUT2D eigenvalue weighted by Crippen LogP contribution is -2.27. The van der Waals surface area contributed by atoms with E-state index >= 15 is 0 Å². The number of rotatable bonds is 4. The second-order valence-electron chi connectivity index (χ2n) is 4.17. The molecule has 0 atom stereocenters. The maximum Gasteiger partial charge on any atom is 0.274 e. The van der Waals surface area contributed by atoms with Gasteiger partial charge in [0.05, 0.1) is 11.6 Å². The van der Waals surface area contributed by atoms with Crippen molar-refractivity contribution in [3.8, 4) is 0 Å². The lowest BCUT2D eigenvalue weighted by molar-refractivity contribution is 0.0781. The van der Waals surface area contributed by atoms with E-state index in [4.69, 9.17) is 11.6 Å². The van der Waals surface area contributed by atoms with Crippen LogP contribution in [0.5, 0.6) is 0 Å². The van der Waals surface area contributed by atoms with E-state index in [2.05, 4.69) is 26.2 Å². The molecule has 0 aliphatic heterocycles. The van der Waals surface area contributed by atoms with Crippen LogP contribution in [-0.4, -0.2) is 29.9 Å². The Hall–Kier alpha value is -1.11. The van der Waals surface area contributed by atoms with Gasteiger partial charge in [-0.1, -0.05) is 11.6 Å². The molecule has 0 spiro atoms. The van der Waals surface area contributed by atoms with Crippen LogP contribution in [0.15, 0.2) is 28.1 Å². The molecule has 0 fully saturated rings. The van der Waals surface area contributed by atoms with Crippen molar-refractivity contribution in [2.75, 3.05) is 19.4 Å². The van der Waals surface area contributed by atoms with Gasteiger partial charge >= 0.3 is 0 Å². The number of nitrogens with zero attached hydrogens (tertiary/aromatic N) is 2. The van der Waals surface area contributed by atoms with Crippen LogP contribution in [0.3, 0.4) is 0 Å². The normalized spacial score (nSPS) is 10.4. The minimum atomic E-state index is -0.198. The van der Waals surface area contributed by atoms with Gasteiger partial charge in [-0.3, -0.25) is 4.79 Å². The molecular weight excluding hydrogens is 362 g/mol. The van der Waals surface area contributed by atoms with Crippen molar-refractivity contribution in [3.05, 3.63) is 43.6 Å². The third-order valence-electron chi connectivity index (χ3n) is 2.67. The molecule has 2 rings (SSSR count). The maximum absolute atomic E-state index is 12.4. The van der Waals surface area contributed by atoms with Gasteiger partial charge in [0.25, 0.3) is 5.91 Å². The largest absolute Gasteiger partial charge is 0.373 e. The fraction of sp³-hybridized carbons (Fsp3) is 0.231. The average molecular weight is 375 g/mol. The second-order valence-corrected chi connectivity index (χ2v) is 6.49. The average Bonchev–Trinajstić information content (AvgIpc) is 2.84. The zero-order chi connectivity index (χ0) is 14.7. The Morgan fingerprint density at radius 3 is 2.90 bits per heavy atom. The summed E-state index contributed by atoms with van der Waals surface area (Å²) >= 11 is 11.1. The number of nitrogens with one attached hydrogen (secondary N) is 1. The first kappa shape index (κ1) is 15.3. The van der Waals surface area contributed by atoms with Crippen LogP contribution >= 0.6 is 38.9 Å². The number of carbonyl (C=O) groups is 1. The van der Waals surface area contributed by atoms with Gasteiger partial charge in [-0.15, -0.1) is 11.3 Å². The molecule has 0 aromatic carbocycles. The molecule has 0 aliphatic carbocycles. The van der Waals surface area contributed by atoms with E-state index in [9.17, 15) is 4.79 Å². The van der Waals surface area contributed by atoms with Crippen molar-refractivity contribution in [1.29, 1.82) is 0 Å². The van der Waals surface area contributed by atoms with Crippen molar-refractivity contribution in [1.82, 2.24) is 9.88 Å². The van der Waals surface area contributed by atoms with E-state index in [0.29, 0.717) is 17.4 Å². The van der Waals surface area contributed by atoms with Crippen LogP contribution in [0.2, 0.25) is 5.02 Å². The van der Waals surface area contributed by atoms with Crippen LogP contribution < -0.4 is 5.32 Å². The summed E-state index contributed by atoms with van der Waals surface area (Å²) in [5.74, 6) is 0.418. The first-order valence-electron chi connectivity index (χ1n) is 5.84. The van der Waals surface area contributed by atoms with Crippen LogP contribution in [0.25, 0.3) is 0 Å².